The van der Waals surface area contributed by atoms with Gasteiger partial charge in [0.05, 0.1) is 16.8 Å². The topological polar surface area (TPSA) is 47.0 Å². The van der Waals surface area contributed by atoms with E-state index in [0.29, 0.717) is 10.9 Å². The minimum absolute atomic E-state index is 0.00594. The third-order valence-corrected chi connectivity index (χ3v) is 6.72. The minimum Gasteiger partial charge on any atom is -0.255 e. The predicted octanol–water partition coefficient (Wildman–Crippen LogP) is 6.07. The number of alkyl halides is 3. The van der Waals surface area contributed by atoms with Crippen LogP contribution >= 0.6 is 11.3 Å². The number of benzene rings is 2. The zero-order valence-corrected chi connectivity index (χ0v) is 17.4. The van der Waals surface area contributed by atoms with Gasteiger partial charge in [-0.3, -0.25) is 4.98 Å². The highest BCUT2D eigenvalue weighted by atomic mass is 32.2. The van der Waals surface area contributed by atoms with Crippen LogP contribution in [0.4, 0.5) is 13.2 Å². The van der Waals surface area contributed by atoms with Crippen molar-refractivity contribution in [2.24, 2.45) is 0 Å². The summed E-state index contributed by atoms with van der Waals surface area (Å²) >= 11 is 1.39. The molecule has 0 aliphatic heterocycles. The molecular formula is C22H16F3NO2S2. The number of fused-ring (bicyclic) bond motifs is 1. The van der Waals surface area contributed by atoms with Crippen molar-refractivity contribution in [2.45, 2.75) is 18.9 Å². The van der Waals surface area contributed by atoms with Crippen LogP contribution in [-0.2, 0) is 22.6 Å². The zero-order chi connectivity index (χ0) is 21.5. The maximum Gasteiger partial charge on any atom is 0.418 e. The molecule has 0 unspecified atom stereocenters. The van der Waals surface area contributed by atoms with Crippen molar-refractivity contribution < 1.29 is 21.6 Å². The fourth-order valence-electron chi connectivity index (χ4n) is 3.51. The first-order valence-electron chi connectivity index (χ1n) is 9.01. The second kappa shape index (κ2) is 7.85. The van der Waals surface area contributed by atoms with Gasteiger partial charge in [-0.05, 0) is 53.4 Å². The number of hydrogen-bond acceptors (Lipinski definition) is 4. The Bertz CT molecular complexity index is 1320. The summed E-state index contributed by atoms with van der Waals surface area (Å²) in [7, 11) is -2.50. The van der Waals surface area contributed by atoms with Crippen LogP contribution in [0, 0.1) is 6.92 Å². The highest BCUT2D eigenvalue weighted by Gasteiger charge is 2.33. The number of pyridine rings is 1. The largest absolute Gasteiger partial charge is 0.418 e. The SMILES string of the molecule is Cc1cnc2c(C(F)(F)F)cccc2c1-c1cccc(-c2ccc(C[SH](=O)=O)s2)c1. The van der Waals surface area contributed by atoms with Crippen molar-refractivity contribution in [1.29, 1.82) is 0 Å². The normalized spacial score (nSPS) is 12.0. The molecule has 0 saturated heterocycles. The lowest BCUT2D eigenvalue weighted by Crippen LogP contribution is -2.07. The molecule has 4 aromatic rings. The van der Waals surface area contributed by atoms with Crippen LogP contribution < -0.4 is 0 Å². The van der Waals surface area contributed by atoms with Gasteiger partial charge in [0.1, 0.15) is 10.7 Å². The van der Waals surface area contributed by atoms with Crippen molar-refractivity contribution in [2.75, 3.05) is 0 Å². The summed E-state index contributed by atoms with van der Waals surface area (Å²) in [5.74, 6) is -0.00594. The highest BCUT2D eigenvalue weighted by Crippen LogP contribution is 2.39. The van der Waals surface area contributed by atoms with E-state index in [2.05, 4.69) is 4.98 Å². The van der Waals surface area contributed by atoms with Crippen LogP contribution in [0.1, 0.15) is 16.0 Å². The summed E-state index contributed by atoms with van der Waals surface area (Å²) in [6.45, 7) is 1.82. The lowest BCUT2D eigenvalue weighted by Gasteiger charge is -2.15. The molecule has 0 radical (unpaired) electrons. The minimum atomic E-state index is -4.49. The molecule has 0 atom stereocenters. The average molecular weight is 448 g/mol. The van der Waals surface area contributed by atoms with Gasteiger partial charge in [-0.1, -0.05) is 30.3 Å². The molecule has 0 aliphatic rings. The maximum atomic E-state index is 13.4. The van der Waals surface area contributed by atoms with Gasteiger partial charge >= 0.3 is 6.18 Å². The molecule has 0 amide bonds. The maximum absolute atomic E-state index is 13.4. The van der Waals surface area contributed by atoms with Gasteiger partial charge in [0.2, 0.25) is 0 Å². The van der Waals surface area contributed by atoms with E-state index in [1.54, 1.807) is 12.1 Å². The Kier molecular flexibility index (Phi) is 5.38. The van der Waals surface area contributed by atoms with Crippen molar-refractivity contribution in [1.82, 2.24) is 4.98 Å². The van der Waals surface area contributed by atoms with E-state index in [0.717, 1.165) is 32.5 Å². The number of thiol groups is 1. The van der Waals surface area contributed by atoms with E-state index < -0.39 is 22.4 Å². The second-order valence-electron chi connectivity index (χ2n) is 6.85. The number of aryl methyl sites for hydroxylation is 1. The van der Waals surface area contributed by atoms with E-state index in [4.69, 9.17) is 0 Å². The Morgan fingerprint density at radius 1 is 1.00 bits per heavy atom. The smallest absolute Gasteiger partial charge is 0.255 e. The quantitative estimate of drug-likeness (QED) is 0.386. The summed E-state index contributed by atoms with van der Waals surface area (Å²) < 4.78 is 62.3. The summed E-state index contributed by atoms with van der Waals surface area (Å²) in [5.41, 5.74) is 2.30. The van der Waals surface area contributed by atoms with E-state index in [1.807, 2.05) is 37.3 Å². The molecule has 0 spiro atoms. The molecule has 0 bridgehead atoms. The van der Waals surface area contributed by atoms with Gasteiger partial charge in [-0.15, -0.1) is 11.3 Å². The molecule has 0 saturated carbocycles. The summed E-state index contributed by atoms with van der Waals surface area (Å²) in [4.78, 5) is 5.71. The summed E-state index contributed by atoms with van der Waals surface area (Å²) in [6, 6.07) is 15.2. The molecule has 2 heterocycles. The zero-order valence-electron chi connectivity index (χ0n) is 15.7. The van der Waals surface area contributed by atoms with Gasteiger partial charge < -0.3 is 0 Å². The molecular weight excluding hydrogens is 431 g/mol. The molecule has 0 aliphatic carbocycles. The Morgan fingerprint density at radius 2 is 1.73 bits per heavy atom. The number of thiophene rings is 1. The Balaban J connectivity index is 1.86. The molecule has 0 fully saturated rings. The molecule has 2 aromatic carbocycles. The van der Waals surface area contributed by atoms with Gasteiger partial charge in [0.15, 0.2) is 0 Å². The predicted molar refractivity (Wildman–Crippen MR) is 114 cm³/mol. The van der Waals surface area contributed by atoms with Crippen molar-refractivity contribution in [3.05, 3.63) is 76.8 Å². The lowest BCUT2D eigenvalue weighted by atomic mass is 9.94. The van der Waals surface area contributed by atoms with Crippen LogP contribution in [0.2, 0.25) is 0 Å². The van der Waals surface area contributed by atoms with Crippen molar-refractivity contribution in [3.63, 3.8) is 0 Å². The van der Waals surface area contributed by atoms with Crippen molar-refractivity contribution in [3.8, 4) is 21.6 Å². The first kappa shape index (κ1) is 20.6. The molecule has 0 N–H and O–H groups in total. The number of para-hydroxylation sites is 1. The first-order chi connectivity index (χ1) is 14.2. The molecule has 3 nitrogen and oxygen atoms in total. The number of aromatic nitrogens is 1. The number of nitrogens with zero attached hydrogens (tertiary/aromatic N) is 1. The van der Waals surface area contributed by atoms with Crippen LogP contribution in [0.15, 0.2) is 60.8 Å². The molecule has 8 heteroatoms. The number of rotatable bonds is 4. The monoisotopic (exact) mass is 447 g/mol. The van der Waals surface area contributed by atoms with Gasteiger partial charge in [-0.25, -0.2) is 8.42 Å². The lowest BCUT2D eigenvalue weighted by molar-refractivity contribution is -0.136. The summed E-state index contributed by atoms with van der Waals surface area (Å²) in [6.07, 6.45) is -3.02. The van der Waals surface area contributed by atoms with Crippen LogP contribution in [0.5, 0.6) is 0 Å². The highest BCUT2D eigenvalue weighted by molar-refractivity contribution is 7.71. The molecule has 2 aromatic heterocycles. The molecule has 154 valence electrons. The fourth-order valence-corrected chi connectivity index (χ4v) is 5.24. The standard InChI is InChI=1S/C22H16F3NO2S2/c1-13-11-26-21-17(6-3-7-18(21)22(23,24)25)20(13)15-5-2-4-14(10-15)19-9-8-16(29-19)12-30(27)28/h2-11,30H,12H2,1H3. The summed E-state index contributed by atoms with van der Waals surface area (Å²) in [5, 5.41) is 0.442. The van der Waals surface area contributed by atoms with Gasteiger partial charge in [0, 0.05) is 21.3 Å². The Labute approximate surface area is 176 Å². The van der Waals surface area contributed by atoms with Crippen LogP contribution in [0.3, 0.4) is 0 Å². The number of hydrogen-bond donors (Lipinski definition) is 1. The van der Waals surface area contributed by atoms with E-state index >= 15 is 0 Å². The fraction of sp³-hybridized carbons (Fsp3) is 0.136. The van der Waals surface area contributed by atoms with Crippen LogP contribution in [0.25, 0.3) is 32.5 Å². The second-order valence-corrected chi connectivity index (χ2v) is 9.00. The van der Waals surface area contributed by atoms with E-state index in [-0.39, 0.29) is 11.3 Å². The van der Waals surface area contributed by atoms with Crippen molar-refractivity contribution >= 4 is 32.9 Å². The van der Waals surface area contributed by atoms with Gasteiger partial charge in [0.25, 0.3) is 0 Å². The third-order valence-electron chi connectivity index (χ3n) is 4.77. The van der Waals surface area contributed by atoms with E-state index in [1.165, 1.54) is 23.6 Å². The molecule has 4 rings (SSSR count). The first-order valence-corrected chi connectivity index (χ1v) is 11.2. The van der Waals surface area contributed by atoms with Crippen LogP contribution in [-0.4, -0.2) is 13.4 Å². The van der Waals surface area contributed by atoms with Gasteiger partial charge in [-0.2, -0.15) is 13.2 Å². The van der Waals surface area contributed by atoms with E-state index in [9.17, 15) is 21.6 Å². The Morgan fingerprint density at radius 3 is 2.47 bits per heavy atom. The average Bonchev–Trinajstić information content (AvgIpc) is 3.14. The Hall–Kier alpha value is -2.71. The third kappa shape index (κ3) is 3.97. The molecule has 30 heavy (non-hydrogen) atoms. The number of halogens is 3.